The summed E-state index contributed by atoms with van der Waals surface area (Å²) < 4.78 is 30.9. The molecular weight excluding hydrogens is 290 g/mol. The van der Waals surface area contributed by atoms with Crippen LogP contribution in [0.5, 0.6) is 0 Å². The van der Waals surface area contributed by atoms with Crippen LogP contribution in [0.25, 0.3) is 0 Å². The Morgan fingerprint density at radius 2 is 2.19 bits per heavy atom. The monoisotopic (exact) mass is 315 g/mol. The van der Waals surface area contributed by atoms with Gasteiger partial charge in [-0.15, -0.1) is 0 Å². The molecule has 0 amide bonds. The highest BCUT2D eigenvalue weighted by atomic mass is 32.2. The van der Waals surface area contributed by atoms with Crippen molar-refractivity contribution in [1.82, 2.24) is 19.4 Å². The number of aryl methyl sites for hydroxylation is 1. The Morgan fingerprint density at radius 3 is 2.81 bits per heavy atom. The van der Waals surface area contributed by atoms with E-state index in [1.165, 1.54) is 6.20 Å². The van der Waals surface area contributed by atoms with Crippen molar-refractivity contribution < 1.29 is 8.42 Å². The Balaban J connectivity index is 2.07. The summed E-state index contributed by atoms with van der Waals surface area (Å²) in [5.41, 5.74) is 0.499. The minimum Gasteiger partial charge on any atom is -0.313 e. The summed E-state index contributed by atoms with van der Waals surface area (Å²) in [6.45, 7) is 5.39. The molecule has 1 aliphatic rings. The fraction of sp³-hybridized carbons (Fsp3) is 0.769. The van der Waals surface area contributed by atoms with Gasteiger partial charge in [-0.2, -0.15) is 17.8 Å². The van der Waals surface area contributed by atoms with Gasteiger partial charge in [0.25, 0.3) is 0 Å². The minimum absolute atomic E-state index is 0.00956. The predicted octanol–water partition coefficient (Wildman–Crippen LogP) is 0.929. The minimum atomic E-state index is -3.53. The Bertz CT molecular complexity index is 555. The zero-order valence-corrected chi connectivity index (χ0v) is 13.7. The van der Waals surface area contributed by atoms with Crippen molar-refractivity contribution in [2.45, 2.75) is 45.2 Å². The lowest BCUT2D eigenvalue weighted by Crippen LogP contribution is -2.51. The molecule has 0 spiro atoms. The Morgan fingerprint density at radius 1 is 1.43 bits per heavy atom. The standard InChI is InChI=1S/C13H25N5O2S/c1-11(2)14-9-13-6-4-5-7-18(13)21(19,20)16-12-8-15-17(3)10-12/h8,10-11,13-14,16H,4-7,9H2,1-3H3. The number of nitrogens with one attached hydrogen (secondary N) is 2. The second-order valence-electron chi connectivity index (χ2n) is 5.83. The van der Waals surface area contributed by atoms with Gasteiger partial charge in [-0.1, -0.05) is 20.3 Å². The predicted molar refractivity (Wildman–Crippen MR) is 83.2 cm³/mol. The molecule has 0 radical (unpaired) electrons. The van der Waals surface area contributed by atoms with E-state index in [2.05, 4.69) is 29.0 Å². The Kier molecular flexibility index (Phi) is 5.23. The molecule has 1 aromatic rings. The number of nitrogens with zero attached hydrogens (tertiary/aromatic N) is 3. The van der Waals surface area contributed by atoms with Gasteiger partial charge in [0, 0.05) is 38.4 Å². The molecule has 0 saturated carbocycles. The fourth-order valence-corrected chi connectivity index (χ4v) is 4.01. The van der Waals surface area contributed by atoms with Crippen LogP contribution >= 0.6 is 0 Å². The molecular formula is C13H25N5O2S. The summed E-state index contributed by atoms with van der Waals surface area (Å²) in [5, 5.41) is 7.32. The van der Waals surface area contributed by atoms with Gasteiger partial charge in [-0.05, 0) is 12.8 Å². The van der Waals surface area contributed by atoms with Gasteiger partial charge in [0.05, 0.1) is 11.9 Å². The van der Waals surface area contributed by atoms with Gasteiger partial charge < -0.3 is 5.32 Å². The van der Waals surface area contributed by atoms with Gasteiger partial charge in [-0.25, -0.2) is 0 Å². The maximum atomic E-state index is 12.6. The SMILES string of the molecule is CC(C)NCC1CCCCN1S(=O)(=O)Nc1cnn(C)c1. The van der Waals surface area contributed by atoms with Crippen molar-refractivity contribution in [2.24, 2.45) is 7.05 Å². The maximum Gasteiger partial charge on any atom is 0.302 e. The van der Waals surface area contributed by atoms with Crippen LogP contribution in [0, 0.1) is 0 Å². The zero-order chi connectivity index (χ0) is 15.5. The van der Waals surface area contributed by atoms with E-state index in [9.17, 15) is 8.42 Å². The molecule has 0 bridgehead atoms. The second-order valence-corrected chi connectivity index (χ2v) is 7.46. The number of anilines is 1. The van der Waals surface area contributed by atoms with Crippen LogP contribution in [-0.4, -0.2) is 47.7 Å². The van der Waals surface area contributed by atoms with Crippen LogP contribution in [-0.2, 0) is 17.3 Å². The van der Waals surface area contributed by atoms with Gasteiger partial charge in [-0.3, -0.25) is 9.40 Å². The normalized spacial score (nSPS) is 20.9. The van der Waals surface area contributed by atoms with E-state index >= 15 is 0 Å². The Hall–Kier alpha value is -1.12. The molecule has 120 valence electrons. The summed E-state index contributed by atoms with van der Waals surface area (Å²) in [7, 11) is -1.77. The van der Waals surface area contributed by atoms with Crippen molar-refractivity contribution in [3.8, 4) is 0 Å². The number of aromatic nitrogens is 2. The number of hydrogen-bond donors (Lipinski definition) is 2. The van der Waals surface area contributed by atoms with Crippen LogP contribution in [0.4, 0.5) is 5.69 Å². The van der Waals surface area contributed by atoms with Crippen LogP contribution in [0.15, 0.2) is 12.4 Å². The van der Waals surface area contributed by atoms with Crippen molar-refractivity contribution in [2.75, 3.05) is 17.8 Å². The third-order valence-electron chi connectivity index (χ3n) is 3.60. The molecule has 7 nitrogen and oxygen atoms in total. The molecule has 0 aromatic carbocycles. The summed E-state index contributed by atoms with van der Waals surface area (Å²) in [6, 6.07) is 0.359. The summed E-state index contributed by atoms with van der Waals surface area (Å²) in [5.74, 6) is 0. The highest BCUT2D eigenvalue weighted by Gasteiger charge is 2.32. The highest BCUT2D eigenvalue weighted by molar-refractivity contribution is 7.90. The van der Waals surface area contributed by atoms with Crippen LogP contribution in [0.3, 0.4) is 0 Å². The Labute approximate surface area is 126 Å². The number of piperidine rings is 1. The van der Waals surface area contributed by atoms with Gasteiger partial charge >= 0.3 is 10.2 Å². The zero-order valence-electron chi connectivity index (χ0n) is 12.9. The fourth-order valence-electron chi connectivity index (χ4n) is 2.55. The van der Waals surface area contributed by atoms with E-state index in [1.807, 2.05) is 0 Å². The largest absolute Gasteiger partial charge is 0.313 e. The molecule has 2 heterocycles. The molecule has 1 saturated heterocycles. The number of hydrogen-bond acceptors (Lipinski definition) is 4. The van der Waals surface area contributed by atoms with Crippen molar-refractivity contribution in [1.29, 1.82) is 0 Å². The molecule has 1 atom stereocenters. The molecule has 1 aromatic heterocycles. The highest BCUT2D eigenvalue weighted by Crippen LogP contribution is 2.21. The third-order valence-corrected chi connectivity index (χ3v) is 5.19. The van der Waals surface area contributed by atoms with E-state index < -0.39 is 10.2 Å². The first-order valence-corrected chi connectivity index (χ1v) is 8.84. The average molecular weight is 315 g/mol. The summed E-state index contributed by atoms with van der Waals surface area (Å²) in [6.07, 6.45) is 6.05. The quantitative estimate of drug-likeness (QED) is 0.818. The van der Waals surface area contributed by atoms with E-state index in [4.69, 9.17) is 0 Å². The molecule has 1 fully saturated rings. The number of rotatable bonds is 6. The topological polar surface area (TPSA) is 79.3 Å². The van der Waals surface area contributed by atoms with E-state index in [1.54, 1.807) is 22.2 Å². The van der Waals surface area contributed by atoms with Crippen molar-refractivity contribution in [3.05, 3.63) is 12.4 Å². The van der Waals surface area contributed by atoms with E-state index in [-0.39, 0.29) is 6.04 Å². The molecule has 8 heteroatoms. The molecule has 1 unspecified atom stereocenters. The molecule has 1 aliphatic heterocycles. The summed E-state index contributed by atoms with van der Waals surface area (Å²) >= 11 is 0. The first kappa shape index (κ1) is 16.3. The van der Waals surface area contributed by atoms with Crippen molar-refractivity contribution in [3.63, 3.8) is 0 Å². The molecule has 0 aliphatic carbocycles. The van der Waals surface area contributed by atoms with Crippen molar-refractivity contribution >= 4 is 15.9 Å². The maximum absolute atomic E-state index is 12.6. The van der Waals surface area contributed by atoms with Crippen LogP contribution in [0.1, 0.15) is 33.1 Å². The van der Waals surface area contributed by atoms with Crippen LogP contribution < -0.4 is 10.0 Å². The first-order valence-electron chi connectivity index (χ1n) is 7.40. The second kappa shape index (κ2) is 6.76. The molecule has 21 heavy (non-hydrogen) atoms. The van der Waals surface area contributed by atoms with Gasteiger partial charge in [0.15, 0.2) is 0 Å². The lowest BCUT2D eigenvalue weighted by molar-refractivity contribution is 0.243. The molecule has 2 rings (SSSR count). The smallest absolute Gasteiger partial charge is 0.302 e. The van der Waals surface area contributed by atoms with E-state index in [0.29, 0.717) is 24.8 Å². The summed E-state index contributed by atoms with van der Waals surface area (Å²) in [4.78, 5) is 0. The lowest BCUT2D eigenvalue weighted by Gasteiger charge is -2.35. The third kappa shape index (κ3) is 4.42. The lowest BCUT2D eigenvalue weighted by atomic mass is 10.0. The average Bonchev–Trinajstić information content (AvgIpc) is 2.81. The van der Waals surface area contributed by atoms with Gasteiger partial charge in [0.1, 0.15) is 0 Å². The first-order chi connectivity index (χ1) is 9.88. The van der Waals surface area contributed by atoms with Gasteiger partial charge in [0.2, 0.25) is 0 Å². The van der Waals surface area contributed by atoms with Crippen LogP contribution in [0.2, 0.25) is 0 Å². The molecule has 2 N–H and O–H groups in total. The van der Waals surface area contributed by atoms with E-state index in [0.717, 1.165) is 19.3 Å².